The van der Waals surface area contributed by atoms with Gasteiger partial charge in [-0.2, -0.15) is 15.0 Å². The average molecular weight is 301 g/mol. The second-order valence-electron chi connectivity index (χ2n) is 4.73. The summed E-state index contributed by atoms with van der Waals surface area (Å²) in [5.74, 6) is 0.623. The van der Waals surface area contributed by atoms with Gasteiger partial charge in [0.1, 0.15) is 0 Å². The van der Waals surface area contributed by atoms with Crippen LogP contribution in [-0.2, 0) is 0 Å². The maximum Gasteiger partial charge on any atom is 0.322 e. The fourth-order valence-corrected chi connectivity index (χ4v) is 1.88. The van der Waals surface area contributed by atoms with Gasteiger partial charge in [0.2, 0.25) is 11.2 Å². The molecule has 0 saturated carbocycles. The summed E-state index contributed by atoms with van der Waals surface area (Å²) in [7, 11) is 0. The molecule has 1 aromatic rings. The standard InChI is InChI=1S/C14H25ClN4O/c1-4-7-9-19(10-8-5-2)13-16-12(15)17-14(18-13)20-11-6-3/h4-11H2,1-3H3. The molecule has 0 spiro atoms. The Morgan fingerprint density at radius 3 is 2.15 bits per heavy atom. The van der Waals surface area contributed by atoms with E-state index in [9.17, 15) is 0 Å². The first kappa shape index (κ1) is 17.0. The van der Waals surface area contributed by atoms with Gasteiger partial charge in [-0.1, -0.05) is 33.6 Å². The quantitative estimate of drug-likeness (QED) is 0.659. The second kappa shape index (κ2) is 9.75. The third kappa shape index (κ3) is 5.90. The van der Waals surface area contributed by atoms with Gasteiger partial charge in [-0.25, -0.2) is 0 Å². The third-order valence-corrected chi connectivity index (χ3v) is 3.03. The second-order valence-corrected chi connectivity index (χ2v) is 5.07. The number of halogens is 1. The molecule has 6 heteroatoms. The number of hydrogen-bond acceptors (Lipinski definition) is 5. The highest BCUT2D eigenvalue weighted by molar-refractivity contribution is 6.28. The van der Waals surface area contributed by atoms with Gasteiger partial charge in [0.15, 0.2) is 0 Å². The molecule has 0 aliphatic heterocycles. The maximum atomic E-state index is 5.97. The fourth-order valence-electron chi connectivity index (χ4n) is 1.73. The summed E-state index contributed by atoms with van der Waals surface area (Å²) >= 11 is 5.97. The molecule has 1 aromatic heterocycles. The van der Waals surface area contributed by atoms with Crippen LogP contribution in [0.5, 0.6) is 6.01 Å². The average Bonchev–Trinajstić information content (AvgIpc) is 2.44. The molecule has 0 saturated heterocycles. The van der Waals surface area contributed by atoms with Crippen molar-refractivity contribution in [2.24, 2.45) is 0 Å². The lowest BCUT2D eigenvalue weighted by Crippen LogP contribution is -2.28. The Labute approximate surface area is 126 Å². The minimum absolute atomic E-state index is 0.194. The van der Waals surface area contributed by atoms with Crippen LogP contribution in [0.25, 0.3) is 0 Å². The highest BCUT2D eigenvalue weighted by Crippen LogP contribution is 2.16. The predicted molar refractivity (Wildman–Crippen MR) is 82.7 cm³/mol. The van der Waals surface area contributed by atoms with E-state index in [1.165, 1.54) is 0 Å². The predicted octanol–water partition coefficient (Wildman–Crippen LogP) is 3.72. The SMILES string of the molecule is CCCCN(CCCC)c1nc(Cl)nc(OCCC)n1. The Bertz CT molecular complexity index is 381. The summed E-state index contributed by atoms with van der Waals surface area (Å²) in [5.41, 5.74) is 0. The van der Waals surface area contributed by atoms with Crippen LogP contribution in [0.2, 0.25) is 5.28 Å². The molecule has 0 unspecified atom stereocenters. The lowest BCUT2D eigenvalue weighted by Gasteiger charge is -2.22. The maximum absolute atomic E-state index is 5.97. The van der Waals surface area contributed by atoms with E-state index in [0.29, 0.717) is 18.6 Å². The minimum atomic E-state index is 0.194. The first-order valence-corrected chi connectivity index (χ1v) is 7.88. The largest absolute Gasteiger partial charge is 0.463 e. The number of ether oxygens (including phenoxy) is 1. The van der Waals surface area contributed by atoms with Gasteiger partial charge in [-0.15, -0.1) is 0 Å². The summed E-state index contributed by atoms with van der Waals surface area (Å²) in [6.07, 6.45) is 5.41. The molecule has 0 fully saturated rings. The van der Waals surface area contributed by atoms with E-state index in [1.54, 1.807) is 0 Å². The number of aromatic nitrogens is 3. The van der Waals surface area contributed by atoms with E-state index in [0.717, 1.165) is 45.2 Å². The summed E-state index contributed by atoms with van der Waals surface area (Å²) in [6, 6.07) is 0.319. The van der Waals surface area contributed by atoms with Crippen molar-refractivity contribution in [2.75, 3.05) is 24.6 Å². The van der Waals surface area contributed by atoms with Crippen LogP contribution in [0, 0.1) is 0 Å². The van der Waals surface area contributed by atoms with Gasteiger partial charge in [0, 0.05) is 13.1 Å². The zero-order valence-corrected chi connectivity index (χ0v) is 13.5. The van der Waals surface area contributed by atoms with E-state index in [1.807, 2.05) is 6.92 Å². The van der Waals surface area contributed by atoms with Crippen LogP contribution in [0.1, 0.15) is 52.9 Å². The lowest BCUT2D eigenvalue weighted by atomic mass is 10.3. The van der Waals surface area contributed by atoms with Crippen LogP contribution < -0.4 is 9.64 Å². The molecule has 0 aliphatic rings. The molecule has 0 amide bonds. The van der Waals surface area contributed by atoms with Crippen LogP contribution in [0.4, 0.5) is 5.95 Å². The van der Waals surface area contributed by atoms with Crippen LogP contribution >= 0.6 is 11.6 Å². The number of hydrogen-bond donors (Lipinski definition) is 0. The van der Waals surface area contributed by atoms with Gasteiger partial charge >= 0.3 is 6.01 Å². The fraction of sp³-hybridized carbons (Fsp3) is 0.786. The molecule has 1 rings (SSSR count). The van der Waals surface area contributed by atoms with Crippen molar-refractivity contribution in [3.8, 4) is 6.01 Å². The first-order chi connectivity index (χ1) is 9.71. The zero-order valence-electron chi connectivity index (χ0n) is 12.7. The molecule has 0 radical (unpaired) electrons. The minimum Gasteiger partial charge on any atom is -0.463 e. The van der Waals surface area contributed by atoms with Crippen LogP contribution in [0.15, 0.2) is 0 Å². The molecule has 0 aromatic carbocycles. The monoisotopic (exact) mass is 300 g/mol. The first-order valence-electron chi connectivity index (χ1n) is 7.50. The highest BCUT2D eigenvalue weighted by Gasteiger charge is 2.13. The van der Waals surface area contributed by atoms with E-state index in [2.05, 4.69) is 33.7 Å². The van der Waals surface area contributed by atoms with Crippen molar-refractivity contribution >= 4 is 17.5 Å². The third-order valence-electron chi connectivity index (χ3n) is 2.86. The number of anilines is 1. The summed E-state index contributed by atoms with van der Waals surface area (Å²) in [6.45, 7) is 8.85. The summed E-state index contributed by atoms with van der Waals surface area (Å²) in [4.78, 5) is 14.8. The van der Waals surface area contributed by atoms with Crippen LogP contribution in [0.3, 0.4) is 0 Å². The molecule has 20 heavy (non-hydrogen) atoms. The topological polar surface area (TPSA) is 51.1 Å². The summed E-state index contributed by atoms with van der Waals surface area (Å²) < 4.78 is 5.46. The Balaban J connectivity index is 2.83. The summed E-state index contributed by atoms with van der Waals surface area (Å²) in [5, 5.41) is 0.194. The highest BCUT2D eigenvalue weighted by atomic mass is 35.5. The Hall–Kier alpha value is -1.10. The van der Waals surface area contributed by atoms with Crippen molar-refractivity contribution in [1.82, 2.24) is 15.0 Å². The van der Waals surface area contributed by atoms with E-state index < -0.39 is 0 Å². The molecule has 0 atom stereocenters. The van der Waals surface area contributed by atoms with E-state index >= 15 is 0 Å². The number of rotatable bonds is 10. The Morgan fingerprint density at radius 2 is 1.60 bits per heavy atom. The zero-order chi connectivity index (χ0) is 14.8. The normalized spacial score (nSPS) is 10.6. The van der Waals surface area contributed by atoms with E-state index in [4.69, 9.17) is 16.3 Å². The van der Waals surface area contributed by atoms with Gasteiger partial charge in [-0.05, 0) is 30.9 Å². The lowest BCUT2D eigenvalue weighted by molar-refractivity contribution is 0.291. The molecule has 114 valence electrons. The van der Waals surface area contributed by atoms with Gasteiger partial charge < -0.3 is 9.64 Å². The van der Waals surface area contributed by atoms with Crippen molar-refractivity contribution in [1.29, 1.82) is 0 Å². The molecule has 0 N–H and O–H groups in total. The Morgan fingerprint density at radius 1 is 0.950 bits per heavy atom. The smallest absolute Gasteiger partial charge is 0.322 e. The molecule has 0 aliphatic carbocycles. The van der Waals surface area contributed by atoms with Crippen molar-refractivity contribution in [3.63, 3.8) is 0 Å². The number of nitrogens with zero attached hydrogens (tertiary/aromatic N) is 4. The molecular formula is C14H25ClN4O. The molecule has 0 bridgehead atoms. The van der Waals surface area contributed by atoms with E-state index in [-0.39, 0.29) is 5.28 Å². The van der Waals surface area contributed by atoms with Gasteiger partial charge in [-0.3, -0.25) is 0 Å². The van der Waals surface area contributed by atoms with Crippen molar-refractivity contribution in [3.05, 3.63) is 5.28 Å². The Kier molecular flexibility index (Phi) is 8.26. The van der Waals surface area contributed by atoms with Crippen LogP contribution in [-0.4, -0.2) is 34.6 Å². The number of unbranched alkanes of at least 4 members (excludes halogenated alkanes) is 2. The van der Waals surface area contributed by atoms with Crippen molar-refractivity contribution < 1.29 is 4.74 Å². The van der Waals surface area contributed by atoms with Gasteiger partial charge in [0.25, 0.3) is 0 Å². The molecule has 5 nitrogen and oxygen atoms in total. The van der Waals surface area contributed by atoms with Crippen molar-refractivity contribution in [2.45, 2.75) is 52.9 Å². The molecule has 1 heterocycles. The van der Waals surface area contributed by atoms with Gasteiger partial charge in [0.05, 0.1) is 6.61 Å². The molecular weight excluding hydrogens is 276 g/mol.